The second-order valence-corrected chi connectivity index (χ2v) is 6.50. The number of para-hydroxylation sites is 1. The highest BCUT2D eigenvalue weighted by molar-refractivity contribution is 9.10. The van der Waals surface area contributed by atoms with Crippen molar-refractivity contribution >= 4 is 39.0 Å². The Balaban J connectivity index is 1.74. The van der Waals surface area contributed by atoms with Crippen molar-refractivity contribution in [2.45, 2.75) is 6.92 Å². The van der Waals surface area contributed by atoms with Gasteiger partial charge in [-0.2, -0.15) is 0 Å². The summed E-state index contributed by atoms with van der Waals surface area (Å²) in [5.74, 6) is 0.384. The third kappa shape index (κ3) is 4.03. The number of halogens is 1. The molecule has 1 N–H and O–H groups in total. The lowest BCUT2D eigenvalue weighted by Gasteiger charge is -2.16. The molecule has 0 aliphatic carbocycles. The summed E-state index contributed by atoms with van der Waals surface area (Å²) < 4.78 is 1.02. The van der Waals surface area contributed by atoms with Gasteiger partial charge in [0.1, 0.15) is 0 Å². The van der Waals surface area contributed by atoms with E-state index in [1.807, 2.05) is 55.5 Å². The molecule has 3 rings (SSSR count). The van der Waals surface area contributed by atoms with Crippen LogP contribution >= 0.6 is 15.9 Å². The van der Waals surface area contributed by atoms with E-state index in [0.717, 1.165) is 21.4 Å². The zero-order valence-electron chi connectivity index (χ0n) is 13.9. The maximum Gasteiger partial charge on any atom is 0.278 e. The third-order valence-electron chi connectivity index (χ3n) is 3.78. The number of carbonyl (C=O) groups is 1. The average molecular weight is 397 g/mol. The number of anilines is 3. The lowest BCUT2D eigenvalue weighted by atomic mass is 10.2. The fourth-order valence-electron chi connectivity index (χ4n) is 2.36. The summed E-state index contributed by atoms with van der Waals surface area (Å²) in [6, 6.07) is 18.8. The molecule has 2 aromatic carbocycles. The molecule has 0 aliphatic rings. The maximum atomic E-state index is 12.5. The number of nitrogens with zero attached hydrogens (tertiary/aromatic N) is 3. The smallest absolute Gasteiger partial charge is 0.278 e. The number of hydrogen-bond donors (Lipinski definition) is 1. The van der Waals surface area contributed by atoms with Gasteiger partial charge in [0.25, 0.3) is 5.91 Å². The van der Waals surface area contributed by atoms with Crippen LogP contribution in [0, 0.1) is 6.92 Å². The van der Waals surface area contributed by atoms with E-state index in [-0.39, 0.29) is 5.91 Å². The standard InChI is InChI=1S/C19H17BrN4O/c1-13-12-14(20)8-9-16(13)21-18-11-10-17(22-23-18)19(25)24(2)15-6-4-3-5-7-15/h3-12H,1-2H3,(H,21,23). The molecule has 0 unspecified atom stereocenters. The van der Waals surface area contributed by atoms with Gasteiger partial charge in [0, 0.05) is 22.9 Å². The molecule has 0 fully saturated rings. The van der Waals surface area contributed by atoms with Gasteiger partial charge in [0.2, 0.25) is 0 Å². The van der Waals surface area contributed by atoms with E-state index >= 15 is 0 Å². The molecule has 0 atom stereocenters. The average Bonchev–Trinajstić information content (AvgIpc) is 2.64. The minimum absolute atomic E-state index is 0.204. The fourth-order valence-corrected chi connectivity index (χ4v) is 2.83. The summed E-state index contributed by atoms with van der Waals surface area (Å²) in [6.45, 7) is 2.01. The van der Waals surface area contributed by atoms with E-state index in [1.165, 1.54) is 0 Å². The normalized spacial score (nSPS) is 10.4. The second kappa shape index (κ2) is 7.44. The fraction of sp³-hybridized carbons (Fsp3) is 0.105. The summed E-state index contributed by atoms with van der Waals surface area (Å²) in [4.78, 5) is 14.1. The minimum Gasteiger partial charge on any atom is -0.339 e. The number of rotatable bonds is 4. The Kier molecular flexibility index (Phi) is 5.09. The number of aromatic nitrogens is 2. The number of amides is 1. The molecule has 0 saturated carbocycles. The predicted molar refractivity (Wildman–Crippen MR) is 103 cm³/mol. The van der Waals surface area contributed by atoms with Gasteiger partial charge in [-0.15, -0.1) is 10.2 Å². The van der Waals surface area contributed by atoms with Crippen LogP contribution < -0.4 is 10.2 Å². The Labute approximate surface area is 154 Å². The van der Waals surface area contributed by atoms with Gasteiger partial charge in [-0.05, 0) is 55.0 Å². The van der Waals surface area contributed by atoms with Crippen molar-refractivity contribution in [3.8, 4) is 0 Å². The van der Waals surface area contributed by atoms with E-state index < -0.39 is 0 Å². The van der Waals surface area contributed by atoms with Crippen molar-refractivity contribution in [3.05, 3.63) is 76.4 Å². The van der Waals surface area contributed by atoms with Crippen molar-refractivity contribution in [2.75, 3.05) is 17.3 Å². The number of carbonyl (C=O) groups excluding carboxylic acids is 1. The van der Waals surface area contributed by atoms with Crippen LogP contribution in [0.15, 0.2) is 65.1 Å². The zero-order chi connectivity index (χ0) is 17.8. The molecule has 25 heavy (non-hydrogen) atoms. The van der Waals surface area contributed by atoms with Crippen LogP contribution in [0.5, 0.6) is 0 Å². The van der Waals surface area contributed by atoms with E-state index in [4.69, 9.17) is 0 Å². The Morgan fingerprint density at radius 2 is 1.80 bits per heavy atom. The first-order chi connectivity index (χ1) is 12.0. The number of benzene rings is 2. The Hall–Kier alpha value is -2.73. The molecule has 0 bridgehead atoms. The van der Waals surface area contributed by atoms with Crippen molar-refractivity contribution in [1.82, 2.24) is 10.2 Å². The van der Waals surface area contributed by atoms with Crippen molar-refractivity contribution in [3.63, 3.8) is 0 Å². The lowest BCUT2D eigenvalue weighted by Crippen LogP contribution is -2.27. The SMILES string of the molecule is Cc1cc(Br)ccc1Nc1ccc(C(=O)N(C)c2ccccc2)nn1. The van der Waals surface area contributed by atoms with E-state index in [2.05, 4.69) is 31.4 Å². The summed E-state index contributed by atoms with van der Waals surface area (Å²) in [7, 11) is 1.72. The molecule has 0 aliphatic heterocycles. The number of hydrogen-bond acceptors (Lipinski definition) is 4. The second-order valence-electron chi connectivity index (χ2n) is 5.59. The van der Waals surface area contributed by atoms with E-state index in [9.17, 15) is 4.79 Å². The Bertz CT molecular complexity index is 882. The van der Waals surface area contributed by atoms with E-state index in [0.29, 0.717) is 11.5 Å². The van der Waals surface area contributed by atoms with Crippen molar-refractivity contribution in [2.24, 2.45) is 0 Å². The van der Waals surface area contributed by atoms with Crippen molar-refractivity contribution in [1.29, 1.82) is 0 Å². The van der Waals surface area contributed by atoms with Crippen LogP contribution in [0.4, 0.5) is 17.2 Å². The van der Waals surface area contributed by atoms with Crippen LogP contribution in [-0.2, 0) is 0 Å². The molecule has 0 saturated heterocycles. The number of nitrogens with one attached hydrogen (secondary N) is 1. The van der Waals surface area contributed by atoms with Crippen LogP contribution in [0.1, 0.15) is 16.1 Å². The van der Waals surface area contributed by atoms with E-state index in [1.54, 1.807) is 24.1 Å². The van der Waals surface area contributed by atoms with Gasteiger partial charge < -0.3 is 10.2 Å². The largest absolute Gasteiger partial charge is 0.339 e. The molecule has 1 amide bonds. The molecule has 5 nitrogen and oxygen atoms in total. The summed E-state index contributed by atoms with van der Waals surface area (Å²) >= 11 is 3.44. The predicted octanol–water partition coefficient (Wildman–Crippen LogP) is 4.57. The molecular weight excluding hydrogens is 380 g/mol. The van der Waals surface area contributed by atoms with Crippen LogP contribution in [0.25, 0.3) is 0 Å². The van der Waals surface area contributed by atoms with Gasteiger partial charge >= 0.3 is 0 Å². The molecule has 6 heteroatoms. The third-order valence-corrected chi connectivity index (χ3v) is 4.28. The Morgan fingerprint density at radius 1 is 1.04 bits per heavy atom. The van der Waals surface area contributed by atoms with Gasteiger partial charge in [-0.1, -0.05) is 34.1 Å². The summed E-state index contributed by atoms with van der Waals surface area (Å²) in [5, 5.41) is 11.4. The first kappa shape index (κ1) is 17.1. The maximum absolute atomic E-state index is 12.5. The highest BCUT2D eigenvalue weighted by Gasteiger charge is 2.15. The zero-order valence-corrected chi connectivity index (χ0v) is 15.5. The Morgan fingerprint density at radius 3 is 2.44 bits per heavy atom. The number of aryl methyl sites for hydroxylation is 1. The highest BCUT2D eigenvalue weighted by atomic mass is 79.9. The summed E-state index contributed by atoms with van der Waals surface area (Å²) in [6.07, 6.45) is 0. The molecular formula is C19H17BrN4O. The first-order valence-corrected chi connectivity index (χ1v) is 8.54. The molecule has 126 valence electrons. The molecule has 0 radical (unpaired) electrons. The molecule has 1 aromatic heterocycles. The quantitative estimate of drug-likeness (QED) is 0.701. The van der Waals surface area contributed by atoms with Crippen LogP contribution in [0.2, 0.25) is 0 Å². The first-order valence-electron chi connectivity index (χ1n) is 7.74. The van der Waals surface area contributed by atoms with Gasteiger partial charge in [-0.25, -0.2) is 0 Å². The van der Waals surface area contributed by atoms with Gasteiger partial charge in [-0.3, -0.25) is 4.79 Å². The highest BCUT2D eigenvalue weighted by Crippen LogP contribution is 2.23. The molecule has 3 aromatic rings. The molecule has 1 heterocycles. The lowest BCUT2D eigenvalue weighted by molar-refractivity contribution is 0.0987. The molecule has 0 spiro atoms. The van der Waals surface area contributed by atoms with Crippen molar-refractivity contribution < 1.29 is 4.79 Å². The van der Waals surface area contributed by atoms with Crippen LogP contribution in [0.3, 0.4) is 0 Å². The topological polar surface area (TPSA) is 58.1 Å². The monoisotopic (exact) mass is 396 g/mol. The summed E-state index contributed by atoms with van der Waals surface area (Å²) in [5.41, 5.74) is 3.13. The van der Waals surface area contributed by atoms with Gasteiger partial charge in [0.05, 0.1) is 0 Å². The minimum atomic E-state index is -0.204. The van der Waals surface area contributed by atoms with Crippen LogP contribution in [-0.4, -0.2) is 23.2 Å². The van der Waals surface area contributed by atoms with Gasteiger partial charge in [0.15, 0.2) is 11.5 Å².